The molecule has 0 aliphatic heterocycles. The third-order valence-corrected chi connectivity index (χ3v) is 6.52. The lowest BCUT2D eigenvalue weighted by molar-refractivity contribution is -0.116. The quantitative estimate of drug-likeness (QED) is 0.247. The van der Waals surface area contributed by atoms with Crippen molar-refractivity contribution in [2.45, 2.75) is 6.92 Å². The first-order valence-electron chi connectivity index (χ1n) is 11.2. The number of carbonyl (C=O) groups is 2. The molecule has 0 unspecified atom stereocenters. The highest BCUT2D eigenvalue weighted by molar-refractivity contribution is 6.48. The van der Waals surface area contributed by atoms with Gasteiger partial charge < -0.3 is 20.2 Å². The molecular weight excluding hydrogens is 440 g/mol. The number of aliphatic hydroxyl groups is 2. The maximum Gasteiger partial charge on any atom is 0.232 e. The number of para-hydroxylation sites is 2. The molecule has 1 aliphatic carbocycles. The fourth-order valence-corrected chi connectivity index (χ4v) is 4.96. The minimum absolute atomic E-state index is 0.202. The number of allylic oxidation sites excluding steroid dienone is 2. The molecule has 4 N–H and O–H groups in total. The van der Waals surface area contributed by atoms with Gasteiger partial charge in [-0.2, -0.15) is 0 Å². The maximum atomic E-state index is 13.7. The van der Waals surface area contributed by atoms with E-state index >= 15 is 0 Å². The van der Waals surface area contributed by atoms with E-state index in [2.05, 4.69) is 9.97 Å². The van der Waals surface area contributed by atoms with Gasteiger partial charge in [0.15, 0.2) is 11.5 Å². The molecule has 3 aromatic carbocycles. The van der Waals surface area contributed by atoms with E-state index in [1.54, 1.807) is 13.0 Å². The number of rotatable bonds is 3. The van der Waals surface area contributed by atoms with Crippen LogP contribution in [0.3, 0.4) is 0 Å². The minimum atomic E-state index is -0.802. The van der Waals surface area contributed by atoms with Gasteiger partial charge in [0, 0.05) is 38.6 Å². The number of aromatic amines is 2. The number of aromatic nitrogens is 2. The van der Waals surface area contributed by atoms with Gasteiger partial charge in [-0.15, -0.1) is 0 Å². The van der Waals surface area contributed by atoms with Crippen LogP contribution < -0.4 is 0 Å². The van der Waals surface area contributed by atoms with Crippen LogP contribution in [0.4, 0.5) is 0 Å². The predicted molar refractivity (Wildman–Crippen MR) is 136 cm³/mol. The second-order valence-corrected chi connectivity index (χ2v) is 8.56. The highest BCUT2D eigenvalue weighted by Gasteiger charge is 2.39. The summed E-state index contributed by atoms with van der Waals surface area (Å²) in [5.41, 5.74) is 3.84. The Hall–Kier alpha value is -4.84. The lowest BCUT2D eigenvalue weighted by Gasteiger charge is -2.19. The molecule has 35 heavy (non-hydrogen) atoms. The highest BCUT2D eigenvalue weighted by Crippen LogP contribution is 2.42. The van der Waals surface area contributed by atoms with Crippen LogP contribution in [0.15, 0.2) is 90.4 Å². The van der Waals surface area contributed by atoms with Crippen LogP contribution in [0.2, 0.25) is 0 Å². The van der Waals surface area contributed by atoms with Crippen LogP contribution in [-0.4, -0.2) is 31.7 Å². The summed E-state index contributed by atoms with van der Waals surface area (Å²) in [5.74, 6) is -2.97. The molecule has 1 aliphatic rings. The zero-order valence-electron chi connectivity index (χ0n) is 18.7. The van der Waals surface area contributed by atoms with Crippen molar-refractivity contribution in [2.75, 3.05) is 0 Å². The van der Waals surface area contributed by atoms with Gasteiger partial charge in [0.25, 0.3) is 0 Å². The molecule has 5 aromatic rings. The fourth-order valence-electron chi connectivity index (χ4n) is 4.96. The first-order chi connectivity index (χ1) is 17.0. The number of benzene rings is 3. The van der Waals surface area contributed by atoms with E-state index in [0.717, 1.165) is 16.6 Å². The summed E-state index contributed by atoms with van der Waals surface area (Å²) < 4.78 is 0. The Morgan fingerprint density at radius 1 is 0.600 bits per heavy atom. The van der Waals surface area contributed by atoms with Gasteiger partial charge in [-0.25, -0.2) is 0 Å². The number of hydrogen-bond donors (Lipinski definition) is 4. The van der Waals surface area contributed by atoms with Crippen molar-refractivity contribution in [3.8, 4) is 11.3 Å². The van der Waals surface area contributed by atoms with E-state index in [4.69, 9.17) is 0 Å². The second kappa shape index (κ2) is 7.60. The number of ketones is 2. The number of aliphatic hydroxyl groups excluding tert-OH is 2. The average Bonchev–Trinajstić information content (AvgIpc) is 3.42. The van der Waals surface area contributed by atoms with E-state index < -0.39 is 23.1 Å². The summed E-state index contributed by atoms with van der Waals surface area (Å²) in [4.78, 5) is 33.7. The first kappa shape index (κ1) is 20.7. The molecule has 0 bridgehead atoms. The van der Waals surface area contributed by atoms with Gasteiger partial charge in [0.2, 0.25) is 11.6 Å². The molecule has 170 valence electrons. The van der Waals surface area contributed by atoms with Crippen LogP contribution >= 0.6 is 0 Å². The highest BCUT2D eigenvalue weighted by atomic mass is 16.3. The lowest BCUT2D eigenvalue weighted by Crippen LogP contribution is -2.23. The molecule has 0 atom stereocenters. The van der Waals surface area contributed by atoms with Crippen molar-refractivity contribution >= 4 is 44.5 Å². The Balaban J connectivity index is 1.61. The van der Waals surface area contributed by atoms with Crippen molar-refractivity contribution in [2.24, 2.45) is 0 Å². The lowest BCUT2D eigenvalue weighted by atomic mass is 9.84. The maximum absolute atomic E-state index is 13.7. The van der Waals surface area contributed by atoms with Crippen LogP contribution in [0, 0.1) is 6.92 Å². The molecule has 0 saturated heterocycles. The molecule has 0 saturated carbocycles. The molecule has 0 fully saturated rings. The van der Waals surface area contributed by atoms with Crippen LogP contribution in [-0.2, 0) is 9.59 Å². The molecule has 2 heterocycles. The SMILES string of the molecule is Cc1[nH]c2ccccc2c1C1=C(O)C(=O)C(c2c(-c3ccccc3)[nH]c3ccccc23)=C(O)C1=O. The number of carbonyl (C=O) groups excluding carboxylic acids is 2. The van der Waals surface area contributed by atoms with Crippen LogP contribution in [0.5, 0.6) is 0 Å². The van der Waals surface area contributed by atoms with Crippen molar-refractivity contribution in [3.05, 3.63) is 107 Å². The van der Waals surface area contributed by atoms with Crippen LogP contribution in [0.25, 0.3) is 44.2 Å². The smallest absolute Gasteiger partial charge is 0.232 e. The Morgan fingerprint density at radius 2 is 1.09 bits per heavy atom. The summed E-state index contributed by atoms with van der Waals surface area (Å²) in [6, 6.07) is 24.0. The zero-order valence-corrected chi connectivity index (χ0v) is 18.7. The normalized spacial score (nSPS) is 14.5. The first-order valence-corrected chi connectivity index (χ1v) is 11.2. The van der Waals surface area contributed by atoms with Gasteiger partial charge in [-0.05, 0) is 24.6 Å². The number of aryl methyl sites for hydroxylation is 1. The number of nitrogens with one attached hydrogen (secondary N) is 2. The number of Topliss-reactive ketones (excluding diaryl/α,β-unsaturated/α-hetero) is 2. The van der Waals surface area contributed by atoms with Gasteiger partial charge in [-0.3, -0.25) is 9.59 Å². The van der Waals surface area contributed by atoms with E-state index in [1.807, 2.05) is 72.8 Å². The van der Waals surface area contributed by atoms with Crippen LogP contribution in [0.1, 0.15) is 16.8 Å². The molecule has 0 radical (unpaired) electrons. The largest absolute Gasteiger partial charge is 0.504 e. The van der Waals surface area contributed by atoms with E-state index in [9.17, 15) is 19.8 Å². The van der Waals surface area contributed by atoms with Crippen molar-refractivity contribution in [1.29, 1.82) is 0 Å². The van der Waals surface area contributed by atoms with Gasteiger partial charge in [-0.1, -0.05) is 66.7 Å². The Kier molecular flexibility index (Phi) is 4.50. The van der Waals surface area contributed by atoms with Gasteiger partial charge in [0.1, 0.15) is 0 Å². The number of fused-ring (bicyclic) bond motifs is 2. The fraction of sp³-hybridized carbons (Fsp3) is 0.0345. The molecule has 2 aromatic heterocycles. The topological polar surface area (TPSA) is 106 Å². The van der Waals surface area contributed by atoms with Crippen molar-refractivity contribution in [1.82, 2.24) is 9.97 Å². The Bertz CT molecular complexity index is 1750. The minimum Gasteiger partial charge on any atom is -0.504 e. The summed E-state index contributed by atoms with van der Waals surface area (Å²) in [7, 11) is 0. The van der Waals surface area contributed by atoms with E-state index in [0.29, 0.717) is 33.3 Å². The van der Waals surface area contributed by atoms with Gasteiger partial charge >= 0.3 is 0 Å². The molecule has 6 rings (SSSR count). The standard InChI is InChI=1S/C29H20N2O4/c1-15-21(17-11-5-7-13-19(17)30-15)23-26(32)28(34)24(29(35)27(23)33)22-18-12-6-8-14-20(18)31-25(22)16-9-3-2-4-10-16/h2-14,30-32,35H,1H3. The van der Waals surface area contributed by atoms with Crippen molar-refractivity contribution in [3.63, 3.8) is 0 Å². The molecule has 6 nitrogen and oxygen atoms in total. The summed E-state index contributed by atoms with van der Waals surface area (Å²) in [5, 5.41) is 23.7. The molecule has 0 amide bonds. The number of H-pyrrole nitrogens is 2. The third kappa shape index (κ3) is 2.97. The Labute approximate surface area is 199 Å². The van der Waals surface area contributed by atoms with E-state index in [-0.39, 0.29) is 11.1 Å². The van der Waals surface area contributed by atoms with Gasteiger partial charge in [0.05, 0.1) is 16.8 Å². The summed E-state index contributed by atoms with van der Waals surface area (Å²) >= 11 is 0. The number of hydrogen-bond acceptors (Lipinski definition) is 4. The third-order valence-electron chi connectivity index (χ3n) is 6.52. The second-order valence-electron chi connectivity index (χ2n) is 8.56. The monoisotopic (exact) mass is 460 g/mol. The Morgan fingerprint density at radius 3 is 1.71 bits per heavy atom. The van der Waals surface area contributed by atoms with Crippen molar-refractivity contribution < 1.29 is 19.8 Å². The zero-order chi connectivity index (χ0) is 24.3. The van der Waals surface area contributed by atoms with E-state index in [1.165, 1.54) is 0 Å². The summed E-state index contributed by atoms with van der Waals surface area (Å²) in [6.45, 7) is 1.76. The average molecular weight is 460 g/mol. The molecule has 6 heteroatoms. The predicted octanol–water partition coefficient (Wildman–Crippen LogP) is 6.01. The summed E-state index contributed by atoms with van der Waals surface area (Å²) in [6.07, 6.45) is 0. The molecular formula is C29H20N2O4. The molecule has 0 spiro atoms.